The van der Waals surface area contributed by atoms with Gasteiger partial charge in [-0.1, -0.05) is 107 Å². The van der Waals surface area contributed by atoms with Crippen LogP contribution in [0.3, 0.4) is 0 Å². The fourth-order valence-electron chi connectivity index (χ4n) is 3.60. The molecule has 3 heteroatoms. The van der Waals surface area contributed by atoms with Gasteiger partial charge in [-0.3, -0.25) is 0 Å². The molecule has 0 amide bonds. The lowest BCUT2D eigenvalue weighted by Crippen LogP contribution is -1.92. The highest BCUT2D eigenvalue weighted by molar-refractivity contribution is 5.43. The van der Waals surface area contributed by atoms with E-state index in [0.29, 0.717) is 39.6 Å². The van der Waals surface area contributed by atoms with Crippen LogP contribution in [0.2, 0.25) is 0 Å². The Morgan fingerprint density at radius 2 is 0.467 bits per heavy atom. The first-order valence-corrected chi connectivity index (χ1v) is 14.3. The summed E-state index contributed by atoms with van der Waals surface area (Å²) in [7, 11) is 0. The van der Waals surface area contributed by atoms with E-state index in [2.05, 4.69) is 71.0 Å². The molecule has 0 atom stereocenters. The number of ether oxygens (including phenoxy) is 3. The standard InChI is InChI=1S/C42H30O3/c1-3-13-37(14-4-1)17-7-31-43-33-9-19-39-23-27-41(28-24-39)21-11-35-45-36-12-22-42-29-25-40(26-30-42)20-10-34-44-32-8-18-38-15-5-2-6-16-38/h1-6,13-16,23-30H,31-36H2. The lowest BCUT2D eigenvalue weighted by atomic mass is 10.1. The number of rotatable bonds is 6. The second-order valence-electron chi connectivity index (χ2n) is 9.18. The minimum atomic E-state index is 0.301. The van der Waals surface area contributed by atoms with Gasteiger partial charge in [-0.05, 0) is 72.8 Å². The van der Waals surface area contributed by atoms with Crippen molar-refractivity contribution in [2.45, 2.75) is 0 Å². The minimum absolute atomic E-state index is 0.301. The Kier molecular flexibility index (Phi) is 14.3. The SMILES string of the molecule is C(#Cc1ccccc1)COCC#Cc1ccc(C#CCOCC#Cc2ccc(C#CCOCC#Cc3ccccc3)cc2)cc1. The number of hydrogen-bond donors (Lipinski definition) is 0. The van der Waals surface area contributed by atoms with Gasteiger partial charge in [0.15, 0.2) is 0 Å². The molecule has 0 unspecified atom stereocenters. The molecule has 0 radical (unpaired) electrons. The Balaban J connectivity index is 1.07. The van der Waals surface area contributed by atoms with Crippen molar-refractivity contribution in [3.8, 4) is 71.0 Å². The molecule has 0 aliphatic heterocycles. The first kappa shape index (κ1) is 32.0. The van der Waals surface area contributed by atoms with Crippen LogP contribution >= 0.6 is 0 Å². The molecule has 0 bridgehead atoms. The zero-order chi connectivity index (χ0) is 31.0. The summed E-state index contributed by atoms with van der Waals surface area (Å²) in [5, 5.41) is 0. The fraction of sp³-hybridized carbons (Fsp3) is 0.143. The highest BCUT2D eigenvalue weighted by atomic mass is 16.5. The predicted molar refractivity (Wildman–Crippen MR) is 179 cm³/mol. The van der Waals surface area contributed by atoms with Gasteiger partial charge < -0.3 is 14.2 Å². The van der Waals surface area contributed by atoms with Crippen LogP contribution in [0.15, 0.2) is 109 Å². The van der Waals surface area contributed by atoms with Gasteiger partial charge in [0.25, 0.3) is 0 Å². The molecular weight excluding hydrogens is 552 g/mol. The molecule has 4 rings (SSSR count). The number of hydrogen-bond acceptors (Lipinski definition) is 3. The Bertz CT molecular complexity index is 1730. The van der Waals surface area contributed by atoms with Crippen LogP contribution in [-0.2, 0) is 14.2 Å². The Morgan fingerprint density at radius 1 is 0.267 bits per heavy atom. The summed E-state index contributed by atoms with van der Waals surface area (Å²) < 4.78 is 16.4. The van der Waals surface area contributed by atoms with Crippen LogP contribution in [0, 0.1) is 71.0 Å². The van der Waals surface area contributed by atoms with E-state index in [1.165, 1.54) is 0 Å². The Labute approximate surface area is 267 Å². The van der Waals surface area contributed by atoms with Gasteiger partial charge in [0, 0.05) is 33.4 Å². The van der Waals surface area contributed by atoms with Crippen LogP contribution in [0.1, 0.15) is 33.4 Å². The first-order valence-electron chi connectivity index (χ1n) is 14.3. The van der Waals surface area contributed by atoms with E-state index in [0.717, 1.165) is 33.4 Å². The normalized spacial score (nSPS) is 9.07. The molecule has 0 fully saturated rings. The molecule has 0 heterocycles. The molecule has 3 nitrogen and oxygen atoms in total. The van der Waals surface area contributed by atoms with Crippen molar-refractivity contribution in [1.82, 2.24) is 0 Å². The van der Waals surface area contributed by atoms with E-state index in [9.17, 15) is 0 Å². The summed E-state index contributed by atoms with van der Waals surface area (Å²) in [6.45, 7) is 1.95. The molecule has 4 aromatic rings. The second-order valence-corrected chi connectivity index (χ2v) is 9.18. The van der Waals surface area contributed by atoms with Gasteiger partial charge in [0.1, 0.15) is 39.6 Å². The third-order valence-electron chi connectivity index (χ3n) is 5.76. The summed E-state index contributed by atoms with van der Waals surface area (Å²) >= 11 is 0. The molecule has 4 aromatic carbocycles. The van der Waals surface area contributed by atoms with Crippen molar-refractivity contribution < 1.29 is 14.2 Å². The maximum atomic E-state index is 5.52. The zero-order valence-electron chi connectivity index (χ0n) is 24.9. The Morgan fingerprint density at radius 3 is 0.689 bits per heavy atom. The van der Waals surface area contributed by atoms with Crippen LogP contribution in [0.5, 0.6) is 0 Å². The Hall–Kier alpha value is -5.88. The highest BCUT2D eigenvalue weighted by Crippen LogP contribution is 2.03. The molecular formula is C42H30O3. The molecule has 45 heavy (non-hydrogen) atoms. The molecule has 0 N–H and O–H groups in total. The lowest BCUT2D eigenvalue weighted by molar-refractivity contribution is 0.204. The third kappa shape index (κ3) is 13.8. The van der Waals surface area contributed by atoms with Crippen molar-refractivity contribution in [3.63, 3.8) is 0 Å². The van der Waals surface area contributed by atoms with Crippen molar-refractivity contribution in [1.29, 1.82) is 0 Å². The molecule has 0 saturated heterocycles. The van der Waals surface area contributed by atoms with Crippen LogP contribution in [-0.4, -0.2) is 39.6 Å². The van der Waals surface area contributed by atoms with Gasteiger partial charge in [-0.25, -0.2) is 0 Å². The predicted octanol–water partition coefficient (Wildman–Crippen LogP) is 5.95. The van der Waals surface area contributed by atoms with E-state index < -0.39 is 0 Å². The highest BCUT2D eigenvalue weighted by Gasteiger charge is 1.91. The second kappa shape index (κ2) is 20.1. The average molecular weight is 583 g/mol. The van der Waals surface area contributed by atoms with Gasteiger partial charge in [0.2, 0.25) is 0 Å². The first-order chi connectivity index (χ1) is 22.3. The van der Waals surface area contributed by atoms with Gasteiger partial charge in [-0.2, -0.15) is 0 Å². The summed E-state index contributed by atoms with van der Waals surface area (Å²) in [5.41, 5.74) is 5.55. The molecule has 0 aliphatic carbocycles. The van der Waals surface area contributed by atoms with E-state index in [1.807, 2.05) is 109 Å². The smallest absolute Gasteiger partial charge is 0.109 e. The molecule has 216 valence electrons. The average Bonchev–Trinajstić information content (AvgIpc) is 3.09. The minimum Gasteiger partial charge on any atom is -0.356 e. The van der Waals surface area contributed by atoms with E-state index in [-0.39, 0.29) is 0 Å². The van der Waals surface area contributed by atoms with Gasteiger partial charge in [0.05, 0.1) is 0 Å². The van der Waals surface area contributed by atoms with Gasteiger partial charge in [-0.15, -0.1) is 0 Å². The molecule has 0 aliphatic rings. The van der Waals surface area contributed by atoms with Crippen molar-refractivity contribution in [2.75, 3.05) is 39.6 Å². The van der Waals surface area contributed by atoms with Crippen molar-refractivity contribution in [2.24, 2.45) is 0 Å². The summed E-state index contributed by atoms with van der Waals surface area (Å²) in [5.74, 6) is 36.4. The zero-order valence-corrected chi connectivity index (χ0v) is 24.9. The summed E-state index contributed by atoms with van der Waals surface area (Å²) in [6, 6.07) is 35.1. The maximum Gasteiger partial charge on any atom is 0.109 e. The monoisotopic (exact) mass is 582 g/mol. The van der Waals surface area contributed by atoms with Crippen LogP contribution in [0.25, 0.3) is 0 Å². The largest absolute Gasteiger partial charge is 0.356 e. The van der Waals surface area contributed by atoms with Gasteiger partial charge >= 0.3 is 0 Å². The summed E-state index contributed by atoms with van der Waals surface area (Å²) in [6.07, 6.45) is 0. The maximum absolute atomic E-state index is 5.52. The molecule has 0 spiro atoms. The van der Waals surface area contributed by atoms with Crippen molar-refractivity contribution >= 4 is 0 Å². The topological polar surface area (TPSA) is 27.7 Å². The van der Waals surface area contributed by atoms with Crippen molar-refractivity contribution in [3.05, 3.63) is 143 Å². The third-order valence-corrected chi connectivity index (χ3v) is 5.76. The van der Waals surface area contributed by atoms with Crippen LogP contribution in [0.4, 0.5) is 0 Å². The fourth-order valence-corrected chi connectivity index (χ4v) is 3.60. The summed E-state index contributed by atoms with van der Waals surface area (Å²) in [4.78, 5) is 0. The number of benzene rings is 4. The van der Waals surface area contributed by atoms with E-state index in [4.69, 9.17) is 14.2 Å². The quantitative estimate of drug-likeness (QED) is 0.208. The van der Waals surface area contributed by atoms with Crippen LogP contribution < -0.4 is 0 Å². The van der Waals surface area contributed by atoms with E-state index in [1.54, 1.807) is 0 Å². The van der Waals surface area contributed by atoms with E-state index >= 15 is 0 Å². The molecule has 0 aromatic heterocycles. The molecule has 0 saturated carbocycles. The lowest BCUT2D eigenvalue weighted by Gasteiger charge is -1.94.